The number of aromatic nitrogens is 2. The molecule has 5 heteroatoms. The fraction of sp³-hybridized carbons (Fsp3) is 0.100. The lowest BCUT2D eigenvalue weighted by Gasteiger charge is -1.99. The van der Waals surface area contributed by atoms with Crippen LogP contribution in [0, 0.1) is 22.7 Å². The summed E-state index contributed by atoms with van der Waals surface area (Å²) in [6, 6.07) is 7.37. The topological polar surface area (TPSA) is 78.5 Å². The molecule has 0 saturated carbocycles. The lowest BCUT2D eigenvalue weighted by Crippen LogP contribution is -2.00. The first kappa shape index (κ1) is 9.04. The second-order valence-electron chi connectivity index (χ2n) is 2.87. The minimum Gasteiger partial charge on any atom is -0.467 e. The van der Waals surface area contributed by atoms with Crippen molar-refractivity contribution in [3.8, 4) is 12.1 Å². The van der Waals surface area contributed by atoms with Crippen molar-refractivity contribution in [3.05, 3.63) is 41.9 Å². The SMILES string of the molecule is N#Cc1ncn(Cc2ccco2)c1C#N. The molecule has 72 valence electrons. The third-order valence-corrected chi connectivity index (χ3v) is 1.96. The predicted molar refractivity (Wildman–Crippen MR) is 49.5 cm³/mol. The monoisotopic (exact) mass is 198 g/mol. The summed E-state index contributed by atoms with van der Waals surface area (Å²) >= 11 is 0. The average molecular weight is 198 g/mol. The van der Waals surface area contributed by atoms with Gasteiger partial charge in [-0.3, -0.25) is 0 Å². The minimum atomic E-state index is 0.143. The number of imidazole rings is 1. The molecular weight excluding hydrogens is 192 g/mol. The van der Waals surface area contributed by atoms with E-state index in [2.05, 4.69) is 4.98 Å². The first-order chi connectivity index (χ1) is 7.35. The molecule has 0 radical (unpaired) electrons. The van der Waals surface area contributed by atoms with Crippen molar-refractivity contribution in [2.75, 3.05) is 0 Å². The van der Waals surface area contributed by atoms with Crippen LogP contribution in [0.5, 0.6) is 0 Å². The van der Waals surface area contributed by atoms with Crippen molar-refractivity contribution in [3.63, 3.8) is 0 Å². The van der Waals surface area contributed by atoms with E-state index < -0.39 is 0 Å². The van der Waals surface area contributed by atoms with Gasteiger partial charge in [-0.15, -0.1) is 0 Å². The Morgan fingerprint density at radius 3 is 2.87 bits per heavy atom. The zero-order valence-corrected chi connectivity index (χ0v) is 7.71. The van der Waals surface area contributed by atoms with Crippen LogP contribution in [0.3, 0.4) is 0 Å². The summed E-state index contributed by atoms with van der Waals surface area (Å²) in [6.07, 6.45) is 3.02. The van der Waals surface area contributed by atoms with Gasteiger partial charge in [0.25, 0.3) is 0 Å². The maximum atomic E-state index is 8.86. The maximum Gasteiger partial charge on any atom is 0.176 e. The van der Waals surface area contributed by atoms with Crippen molar-refractivity contribution < 1.29 is 4.42 Å². The van der Waals surface area contributed by atoms with Crippen LogP contribution in [-0.2, 0) is 6.54 Å². The molecule has 0 saturated heterocycles. The summed E-state index contributed by atoms with van der Waals surface area (Å²) in [7, 11) is 0. The van der Waals surface area contributed by atoms with E-state index in [1.807, 2.05) is 12.1 Å². The molecule has 0 atom stereocenters. The van der Waals surface area contributed by atoms with Crippen molar-refractivity contribution >= 4 is 0 Å². The summed E-state index contributed by atoms with van der Waals surface area (Å²) in [6.45, 7) is 0.407. The van der Waals surface area contributed by atoms with Crippen molar-refractivity contribution in [2.24, 2.45) is 0 Å². The van der Waals surface area contributed by atoms with E-state index in [0.29, 0.717) is 12.3 Å². The fourth-order valence-electron chi connectivity index (χ4n) is 1.27. The lowest BCUT2D eigenvalue weighted by molar-refractivity contribution is 0.492. The number of rotatable bonds is 2. The van der Waals surface area contributed by atoms with Gasteiger partial charge in [0.2, 0.25) is 0 Å². The van der Waals surface area contributed by atoms with Gasteiger partial charge in [0.1, 0.15) is 17.9 Å². The molecule has 15 heavy (non-hydrogen) atoms. The Labute approximate surface area is 85.8 Å². The molecule has 0 aliphatic carbocycles. The number of hydrogen-bond acceptors (Lipinski definition) is 4. The normalized spacial score (nSPS) is 9.47. The minimum absolute atomic E-state index is 0.143. The van der Waals surface area contributed by atoms with Crippen LogP contribution in [0.1, 0.15) is 17.1 Å². The van der Waals surface area contributed by atoms with Gasteiger partial charge >= 0.3 is 0 Å². The van der Waals surface area contributed by atoms with Gasteiger partial charge in [0, 0.05) is 0 Å². The summed E-state index contributed by atoms with van der Waals surface area (Å²) in [5, 5.41) is 17.5. The van der Waals surface area contributed by atoms with Crippen LogP contribution >= 0.6 is 0 Å². The van der Waals surface area contributed by atoms with Gasteiger partial charge in [-0.2, -0.15) is 10.5 Å². The molecule has 0 fully saturated rings. The van der Waals surface area contributed by atoms with Crippen LogP contribution in [0.15, 0.2) is 29.1 Å². The van der Waals surface area contributed by atoms with Gasteiger partial charge in [-0.05, 0) is 12.1 Å². The molecule has 2 heterocycles. The first-order valence-electron chi connectivity index (χ1n) is 4.23. The number of nitrogens with zero attached hydrogens (tertiary/aromatic N) is 4. The zero-order valence-electron chi connectivity index (χ0n) is 7.71. The summed E-state index contributed by atoms with van der Waals surface area (Å²) < 4.78 is 6.72. The third kappa shape index (κ3) is 1.59. The Balaban J connectivity index is 2.35. The molecule has 2 aromatic rings. The standard InChI is InChI=1S/C10H6N4O/c11-4-9-10(5-12)14(7-13-9)6-8-2-1-3-15-8/h1-3,7H,6H2. The molecule has 0 N–H and O–H groups in total. The van der Waals surface area contributed by atoms with Crippen molar-refractivity contribution in [1.29, 1.82) is 10.5 Å². The van der Waals surface area contributed by atoms with Crippen LogP contribution in [-0.4, -0.2) is 9.55 Å². The number of nitriles is 2. The Bertz CT molecular complexity index is 539. The van der Waals surface area contributed by atoms with Crippen LogP contribution in [0.25, 0.3) is 0 Å². The van der Waals surface area contributed by atoms with Crippen LogP contribution in [0.4, 0.5) is 0 Å². The largest absolute Gasteiger partial charge is 0.467 e. The fourth-order valence-corrected chi connectivity index (χ4v) is 1.27. The third-order valence-electron chi connectivity index (χ3n) is 1.96. The molecular formula is C10H6N4O. The Kier molecular flexibility index (Phi) is 2.22. The highest BCUT2D eigenvalue weighted by atomic mass is 16.3. The van der Waals surface area contributed by atoms with E-state index in [1.165, 1.54) is 6.33 Å². The van der Waals surface area contributed by atoms with Crippen molar-refractivity contribution in [1.82, 2.24) is 9.55 Å². The molecule has 0 bridgehead atoms. The second-order valence-corrected chi connectivity index (χ2v) is 2.87. The molecule has 0 unspecified atom stereocenters. The zero-order chi connectivity index (χ0) is 10.7. The summed E-state index contributed by atoms with van der Waals surface area (Å²) in [5.74, 6) is 0.716. The lowest BCUT2D eigenvalue weighted by atomic mass is 10.3. The van der Waals surface area contributed by atoms with Crippen LogP contribution in [0.2, 0.25) is 0 Å². The molecule has 5 nitrogen and oxygen atoms in total. The summed E-state index contributed by atoms with van der Waals surface area (Å²) in [5.41, 5.74) is 0.401. The van der Waals surface area contributed by atoms with Gasteiger partial charge in [0.15, 0.2) is 11.4 Å². The quantitative estimate of drug-likeness (QED) is 0.727. The highest BCUT2D eigenvalue weighted by Gasteiger charge is 2.10. The number of furan rings is 1. The average Bonchev–Trinajstić information content (AvgIpc) is 2.87. The van der Waals surface area contributed by atoms with E-state index >= 15 is 0 Å². The maximum absolute atomic E-state index is 8.86. The van der Waals surface area contributed by atoms with Crippen molar-refractivity contribution in [2.45, 2.75) is 6.54 Å². The molecule has 0 aliphatic heterocycles. The van der Waals surface area contributed by atoms with Gasteiger partial charge in [0.05, 0.1) is 19.1 Å². The Morgan fingerprint density at radius 1 is 1.40 bits per heavy atom. The van der Waals surface area contributed by atoms with Gasteiger partial charge in [-0.25, -0.2) is 4.98 Å². The van der Waals surface area contributed by atoms with Crippen LogP contribution < -0.4 is 0 Å². The smallest absolute Gasteiger partial charge is 0.176 e. The Morgan fingerprint density at radius 2 is 2.27 bits per heavy atom. The predicted octanol–water partition coefficient (Wildman–Crippen LogP) is 1.27. The summed E-state index contributed by atoms with van der Waals surface area (Å²) in [4.78, 5) is 3.82. The van der Waals surface area contributed by atoms with Gasteiger partial charge in [-0.1, -0.05) is 0 Å². The molecule has 0 aromatic carbocycles. The van der Waals surface area contributed by atoms with E-state index in [4.69, 9.17) is 14.9 Å². The van der Waals surface area contributed by atoms with E-state index in [1.54, 1.807) is 23.0 Å². The van der Waals surface area contributed by atoms with Gasteiger partial charge < -0.3 is 8.98 Å². The van der Waals surface area contributed by atoms with E-state index in [-0.39, 0.29) is 11.4 Å². The van der Waals surface area contributed by atoms with E-state index in [9.17, 15) is 0 Å². The molecule has 2 rings (SSSR count). The second kappa shape index (κ2) is 3.69. The molecule has 0 spiro atoms. The first-order valence-corrected chi connectivity index (χ1v) is 4.23. The Hall–Kier alpha value is -2.53. The molecule has 2 aromatic heterocycles. The number of hydrogen-bond donors (Lipinski definition) is 0. The molecule has 0 amide bonds. The highest BCUT2D eigenvalue weighted by molar-refractivity contribution is 5.36. The molecule has 0 aliphatic rings. The van der Waals surface area contributed by atoms with E-state index in [0.717, 1.165) is 0 Å². The highest BCUT2D eigenvalue weighted by Crippen LogP contribution is 2.09.